The molecule has 0 saturated carbocycles. The molecule has 0 saturated heterocycles. The molecule has 0 unspecified atom stereocenters. The maximum atomic E-state index is 12.0. The zero-order valence-corrected chi connectivity index (χ0v) is 10.1. The number of nitrogens with zero attached hydrogens (tertiary/aromatic N) is 1. The van der Waals surface area contributed by atoms with E-state index in [1.807, 2.05) is 0 Å². The molecular formula is C11H12N2O3S. The molecule has 0 spiro atoms. The summed E-state index contributed by atoms with van der Waals surface area (Å²) in [7, 11) is -1.99. The second-order valence-corrected chi connectivity index (χ2v) is 5.42. The number of rotatable bonds is 3. The Morgan fingerprint density at radius 1 is 1.47 bits per heavy atom. The van der Waals surface area contributed by atoms with Crippen molar-refractivity contribution in [3.63, 3.8) is 0 Å². The Kier molecular flexibility index (Phi) is 2.66. The Morgan fingerprint density at radius 2 is 2.18 bits per heavy atom. The third kappa shape index (κ3) is 1.61. The molecule has 0 radical (unpaired) electrons. The number of carbonyl (C=O) groups excluding carboxylic acids is 1. The lowest BCUT2D eigenvalue weighted by Gasteiger charge is -2.11. The number of carbonyl (C=O) groups is 1. The summed E-state index contributed by atoms with van der Waals surface area (Å²) < 4.78 is 24.9. The highest BCUT2D eigenvalue weighted by Crippen LogP contribution is 2.31. The molecule has 1 N–H and O–H groups in total. The highest BCUT2D eigenvalue weighted by Gasteiger charge is 2.40. The van der Waals surface area contributed by atoms with Gasteiger partial charge in [0.15, 0.2) is 0 Å². The molecule has 6 heteroatoms. The first-order valence-electron chi connectivity index (χ1n) is 5.02. The van der Waals surface area contributed by atoms with Crippen LogP contribution in [-0.4, -0.2) is 32.2 Å². The minimum Gasteiger partial charge on any atom is -0.388 e. The van der Waals surface area contributed by atoms with E-state index in [2.05, 4.69) is 11.9 Å². The molecular weight excluding hydrogens is 240 g/mol. The molecule has 17 heavy (non-hydrogen) atoms. The van der Waals surface area contributed by atoms with Crippen LogP contribution in [0.5, 0.6) is 0 Å². The van der Waals surface area contributed by atoms with Crippen LogP contribution in [0.3, 0.4) is 0 Å². The van der Waals surface area contributed by atoms with Gasteiger partial charge in [-0.2, -0.15) is 0 Å². The van der Waals surface area contributed by atoms with E-state index in [0.29, 0.717) is 5.69 Å². The molecule has 0 bridgehead atoms. The van der Waals surface area contributed by atoms with Crippen molar-refractivity contribution in [1.82, 2.24) is 4.31 Å². The second-order valence-electron chi connectivity index (χ2n) is 3.59. The predicted molar refractivity (Wildman–Crippen MR) is 64.4 cm³/mol. The summed E-state index contributed by atoms with van der Waals surface area (Å²) in [4.78, 5) is 12.0. The van der Waals surface area contributed by atoms with Crippen LogP contribution in [-0.2, 0) is 10.0 Å². The zero-order chi connectivity index (χ0) is 12.6. The minimum absolute atomic E-state index is 0.00919. The number of hydrogen-bond donors (Lipinski definition) is 1. The highest BCUT2D eigenvalue weighted by atomic mass is 32.2. The zero-order valence-electron chi connectivity index (χ0n) is 9.30. The van der Waals surface area contributed by atoms with Gasteiger partial charge in [0.1, 0.15) is 4.90 Å². The molecule has 1 aliphatic rings. The molecule has 1 heterocycles. The van der Waals surface area contributed by atoms with Gasteiger partial charge in [0, 0.05) is 12.7 Å². The number of hydrogen-bond acceptors (Lipinski definition) is 4. The molecule has 0 aromatic heterocycles. The van der Waals surface area contributed by atoms with Crippen molar-refractivity contribution in [2.75, 3.05) is 18.9 Å². The van der Waals surface area contributed by atoms with E-state index < -0.39 is 15.9 Å². The van der Waals surface area contributed by atoms with E-state index >= 15 is 0 Å². The third-order valence-corrected chi connectivity index (χ3v) is 4.40. The number of benzene rings is 1. The molecule has 0 aliphatic carbocycles. The summed E-state index contributed by atoms with van der Waals surface area (Å²) in [6, 6.07) is 4.61. The van der Waals surface area contributed by atoms with Gasteiger partial charge < -0.3 is 5.32 Å². The third-order valence-electron chi connectivity index (χ3n) is 2.59. The number of amides is 1. The van der Waals surface area contributed by atoms with Crippen LogP contribution in [0, 0.1) is 0 Å². The normalized spacial score (nSPS) is 16.8. The van der Waals surface area contributed by atoms with E-state index in [1.165, 1.54) is 18.2 Å². The summed E-state index contributed by atoms with van der Waals surface area (Å²) >= 11 is 0. The van der Waals surface area contributed by atoms with Crippen LogP contribution in [0.25, 0.3) is 0 Å². The fraction of sp³-hybridized carbons (Fsp3) is 0.182. The molecule has 0 fully saturated rings. The van der Waals surface area contributed by atoms with Gasteiger partial charge >= 0.3 is 0 Å². The lowest BCUT2D eigenvalue weighted by atomic mass is 10.2. The first-order valence-corrected chi connectivity index (χ1v) is 6.46. The van der Waals surface area contributed by atoms with Crippen molar-refractivity contribution in [3.8, 4) is 0 Å². The summed E-state index contributed by atoms with van der Waals surface area (Å²) in [6.07, 6.45) is 1.39. The lowest BCUT2D eigenvalue weighted by molar-refractivity contribution is 0.0880. The van der Waals surface area contributed by atoms with Gasteiger partial charge in [-0.3, -0.25) is 4.79 Å². The molecule has 0 atom stereocenters. The van der Waals surface area contributed by atoms with Gasteiger partial charge in [-0.05, 0) is 18.2 Å². The molecule has 1 amide bonds. The van der Waals surface area contributed by atoms with Crippen molar-refractivity contribution >= 4 is 21.6 Å². The van der Waals surface area contributed by atoms with Crippen molar-refractivity contribution in [2.45, 2.75) is 4.90 Å². The number of fused-ring (bicyclic) bond motifs is 1. The summed E-state index contributed by atoms with van der Waals surface area (Å²) in [5.74, 6) is -0.503. The largest absolute Gasteiger partial charge is 0.388 e. The smallest absolute Gasteiger partial charge is 0.269 e. The molecule has 1 aliphatic heterocycles. The summed E-state index contributed by atoms with van der Waals surface area (Å²) in [5.41, 5.74) is 0.909. The highest BCUT2D eigenvalue weighted by molar-refractivity contribution is 7.90. The van der Waals surface area contributed by atoms with Gasteiger partial charge in [-0.1, -0.05) is 6.08 Å². The molecule has 2 rings (SSSR count). The minimum atomic E-state index is -3.70. The van der Waals surface area contributed by atoms with Gasteiger partial charge in [-0.15, -0.1) is 6.58 Å². The first-order chi connectivity index (χ1) is 8.02. The Bertz CT molecular complexity index is 593. The van der Waals surface area contributed by atoms with E-state index in [1.54, 1.807) is 13.1 Å². The van der Waals surface area contributed by atoms with Crippen LogP contribution in [0.2, 0.25) is 0 Å². The molecule has 1 aromatic rings. The Labute approximate surface area is 99.8 Å². The van der Waals surface area contributed by atoms with E-state index in [0.717, 1.165) is 4.31 Å². The first kappa shape index (κ1) is 11.7. The Hall–Kier alpha value is -1.82. The second kappa shape index (κ2) is 3.89. The number of sulfonamides is 1. The monoisotopic (exact) mass is 252 g/mol. The fourth-order valence-electron chi connectivity index (χ4n) is 1.74. The number of anilines is 1. The molecule has 1 aromatic carbocycles. The fourth-order valence-corrected chi connectivity index (χ4v) is 3.26. The molecule has 90 valence electrons. The Morgan fingerprint density at radius 3 is 2.76 bits per heavy atom. The standard InChI is InChI=1S/C11H12N2O3S/c1-3-6-13-11(14)9-7-8(12-2)4-5-10(9)17(13,15)16/h3-5,7,12H,1,6H2,2H3. The molecule has 5 nitrogen and oxygen atoms in total. The summed E-state index contributed by atoms with van der Waals surface area (Å²) in [6.45, 7) is 3.44. The maximum absolute atomic E-state index is 12.0. The lowest BCUT2D eigenvalue weighted by Crippen LogP contribution is -2.29. The van der Waals surface area contributed by atoms with E-state index in [4.69, 9.17) is 0 Å². The van der Waals surface area contributed by atoms with Crippen molar-refractivity contribution in [3.05, 3.63) is 36.4 Å². The van der Waals surface area contributed by atoms with Gasteiger partial charge in [0.05, 0.1) is 12.1 Å². The van der Waals surface area contributed by atoms with Crippen LogP contribution < -0.4 is 5.32 Å². The Balaban J connectivity index is 2.62. The SMILES string of the molecule is C=CCN1C(=O)c2cc(NC)ccc2S1(=O)=O. The maximum Gasteiger partial charge on any atom is 0.269 e. The van der Waals surface area contributed by atoms with Crippen molar-refractivity contribution < 1.29 is 13.2 Å². The topological polar surface area (TPSA) is 66.5 Å². The number of nitrogens with one attached hydrogen (secondary N) is 1. The van der Waals surface area contributed by atoms with Gasteiger partial charge in [-0.25, -0.2) is 12.7 Å². The quantitative estimate of drug-likeness (QED) is 0.817. The average Bonchev–Trinajstić information content (AvgIpc) is 2.50. The predicted octanol–water partition coefficient (Wildman–Crippen LogP) is 1.06. The van der Waals surface area contributed by atoms with Crippen LogP contribution in [0.1, 0.15) is 10.4 Å². The summed E-state index contributed by atoms with van der Waals surface area (Å²) in [5, 5.41) is 2.87. The van der Waals surface area contributed by atoms with E-state index in [-0.39, 0.29) is 17.0 Å². The van der Waals surface area contributed by atoms with Crippen LogP contribution in [0.15, 0.2) is 35.7 Å². The van der Waals surface area contributed by atoms with Crippen LogP contribution in [0.4, 0.5) is 5.69 Å². The van der Waals surface area contributed by atoms with E-state index in [9.17, 15) is 13.2 Å². The van der Waals surface area contributed by atoms with Gasteiger partial charge in [0.2, 0.25) is 0 Å². The van der Waals surface area contributed by atoms with Crippen LogP contribution >= 0.6 is 0 Å². The van der Waals surface area contributed by atoms with Crippen molar-refractivity contribution in [1.29, 1.82) is 0 Å². The average molecular weight is 252 g/mol. The van der Waals surface area contributed by atoms with Gasteiger partial charge in [0.25, 0.3) is 15.9 Å². The van der Waals surface area contributed by atoms with Crippen molar-refractivity contribution in [2.24, 2.45) is 0 Å².